The Kier molecular flexibility index (Phi) is 4.91. The van der Waals surface area contributed by atoms with Gasteiger partial charge in [0.05, 0.1) is 12.2 Å². The maximum atomic E-state index is 12.4. The molecule has 1 unspecified atom stereocenters. The van der Waals surface area contributed by atoms with Crippen LogP contribution in [0.5, 0.6) is 0 Å². The van der Waals surface area contributed by atoms with Crippen LogP contribution in [0.2, 0.25) is 0 Å². The van der Waals surface area contributed by atoms with Gasteiger partial charge in [-0.2, -0.15) is 0 Å². The van der Waals surface area contributed by atoms with E-state index in [1.165, 1.54) is 0 Å². The predicted octanol–water partition coefficient (Wildman–Crippen LogP) is 2.23. The van der Waals surface area contributed by atoms with Crippen molar-refractivity contribution in [2.24, 2.45) is 0 Å². The molecule has 1 atom stereocenters. The lowest BCUT2D eigenvalue weighted by Gasteiger charge is -2.24. The molecule has 0 saturated heterocycles. The second kappa shape index (κ2) is 7.27. The van der Waals surface area contributed by atoms with E-state index in [0.29, 0.717) is 25.1 Å². The van der Waals surface area contributed by atoms with Crippen LogP contribution in [0.1, 0.15) is 27.0 Å². The Morgan fingerprint density at radius 3 is 2.67 bits per heavy atom. The van der Waals surface area contributed by atoms with Gasteiger partial charge in [-0.25, -0.2) is 4.79 Å². The number of hydrogen-bond donors (Lipinski definition) is 1. The fraction of sp³-hybridized carbons (Fsp3) is 0.263. The number of cyclic esters (lactones) is 1. The van der Waals surface area contributed by atoms with Crippen molar-refractivity contribution in [1.29, 1.82) is 0 Å². The summed E-state index contributed by atoms with van der Waals surface area (Å²) >= 11 is 0. The number of benzene rings is 2. The summed E-state index contributed by atoms with van der Waals surface area (Å²) < 4.78 is 10.4. The largest absolute Gasteiger partial charge is 0.448 e. The van der Waals surface area contributed by atoms with Crippen LogP contribution in [-0.2, 0) is 33.8 Å². The second-order valence-electron chi connectivity index (χ2n) is 5.67. The van der Waals surface area contributed by atoms with Gasteiger partial charge >= 0.3 is 5.97 Å². The molecule has 2 aromatic carbocycles. The van der Waals surface area contributed by atoms with Gasteiger partial charge < -0.3 is 14.8 Å². The topological polar surface area (TPSA) is 64.6 Å². The van der Waals surface area contributed by atoms with Crippen molar-refractivity contribution in [3.05, 3.63) is 70.8 Å². The van der Waals surface area contributed by atoms with Crippen LogP contribution in [0, 0.1) is 0 Å². The molecule has 124 valence electrons. The fourth-order valence-electron chi connectivity index (χ4n) is 2.80. The molecule has 5 heteroatoms. The molecule has 1 aliphatic rings. The van der Waals surface area contributed by atoms with Gasteiger partial charge in [0.1, 0.15) is 0 Å². The Balaban J connectivity index is 1.65. The molecular formula is C19H19NO4. The van der Waals surface area contributed by atoms with Gasteiger partial charge in [-0.15, -0.1) is 0 Å². The number of methoxy groups -OCH3 is 1. The van der Waals surface area contributed by atoms with E-state index in [2.05, 4.69) is 5.32 Å². The van der Waals surface area contributed by atoms with Crippen LogP contribution in [0.15, 0.2) is 48.5 Å². The lowest BCUT2D eigenvalue weighted by Crippen LogP contribution is -2.41. The van der Waals surface area contributed by atoms with E-state index >= 15 is 0 Å². The third kappa shape index (κ3) is 3.46. The second-order valence-corrected chi connectivity index (χ2v) is 5.67. The van der Waals surface area contributed by atoms with Gasteiger partial charge in [0.25, 0.3) is 5.91 Å². The molecule has 1 heterocycles. The summed E-state index contributed by atoms with van der Waals surface area (Å²) in [6, 6.07) is 15.0. The molecule has 1 aliphatic heterocycles. The molecule has 0 aliphatic carbocycles. The molecule has 0 fully saturated rings. The number of amides is 1. The summed E-state index contributed by atoms with van der Waals surface area (Å²) in [5.74, 6) is -0.734. The van der Waals surface area contributed by atoms with E-state index < -0.39 is 12.1 Å². The van der Waals surface area contributed by atoms with E-state index in [-0.39, 0.29) is 5.91 Å². The van der Waals surface area contributed by atoms with Crippen molar-refractivity contribution in [3.63, 3.8) is 0 Å². The smallest absolute Gasteiger partial charge is 0.339 e. The van der Waals surface area contributed by atoms with E-state index in [1.54, 1.807) is 19.2 Å². The normalized spacial score (nSPS) is 16.2. The Morgan fingerprint density at radius 1 is 1.17 bits per heavy atom. The molecule has 3 rings (SSSR count). The number of fused-ring (bicyclic) bond motifs is 1. The van der Waals surface area contributed by atoms with Crippen LogP contribution >= 0.6 is 0 Å². The first-order valence-electron chi connectivity index (χ1n) is 7.81. The monoisotopic (exact) mass is 325 g/mol. The summed E-state index contributed by atoms with van der Waals surface area (Å²) in [5.41, 5.74) is 3.38. The summed E-state index contributed by atoms with van der Waals surface area (Å²) in [6.07, 6.45) is -0.394. The highest BCUT2D eigenvalue weighted by Gasteiger charge is 2.30. The first kappa shape index (κ1) is 16.2. The number of rotatable bonds is 5. The average Bonchev–Trinajstić information content (AvgIpc) is 2.61. The Morgan fingerprint density at radius 2 is 1.88 bits per heavy atom. The van der Waals surface area contributed by atoms with Crippen LogP contribution < -0.4 is 5.32 Å². The van der Waals surface area contributed by atoms with Gasteiger partial charge in [-0.3, -0.25) is 4.79 Å². The first-order valence-corrected chi connectivity index (χ1v) is 7.81. The maximum Gasteiger partial charge on any atom is 0.339 e. The minimum atomic E-state index is -0.790. The molecule has 5 nitrogen and oxygen atoms in total. The van der Waals surface area contributed by atoms with E-state index in [9.17, 15) is 9.59 Å². The minimum Gasteiger partial charge on any atom is -0.448 e. The van der Waals surface area contributed by atoms with Gasteiger partial charge in [0.15, 0.2) is 6.10 Å². The lowest BCUT2D eigenvalue weighted by atomic mass is 9.98. The van der Waals surface area contributed by atoms with E-state index in [1.807, 2.05) is 36.4 Å². The van der Waals surface area contributed by atoms with Gasteiger partial charge in [-0.05, 0) is 22.8 Å². The quantitative estimate of drug-likeness (QED) is 0.856. The summed E-state index contributed by atoms with van der Waals surface area (Å²) in [5, 5.41) is 2.85. The van der Waals surface area contributed by atoms with Gasteiger partial charge in [-0.1, -0.05) is 42.5 Å². The molecule has 0 spiro atoms. The number of hydrogen-bond acceptors (Lipinski definition) is 4. The van der Waals surface area contributed by atoms with Crippen molar-refractivity contribution in [3.8, 4) is 0 Å². The third-order valence-corrected chi connectivity index (χ3v) is 4.06. The molecule has 24 heavy (non-hydrogen) atoms. The highest BCUT2D eigenvalue weighted by atomic mass is 16.5. The molecule has 1 amide bonds. The predicted molar refractivity (Wildman–Crippen MR) is 88.4 cm³/mol. The standard InChI is InChI=1S/C19H19NO4/c1-23-12-15-8-3-2-7-14(15)11-20-18(21)17-10-13-6-4-5-9-16(13)19(22)24-17/h2-9,17H,10-12H2,1H3,(H,20,21). The SMILES string of the molecule is COCc1ccccc1CNC(=O)C1Cc2ccccc2C(=O)O1. The number of carbonyl (C=O) groups is 2. The highest BCUT2D eigenvalue weighted by Crippen LogP contribution is 2.20. The van der Waals surface area contributed by atoms with Gasteiger partial charge in [0, 0.05) is 20.1 Å². The van der Waals surface area contributed by atoms with E-state index in [4.69, 9.17) is 9.47 Å². The Bertz CT molecular complexity index is 757. The fourth-order valence-corrected chi connectivity index (χ4v) is 2.80. The molecule has 0 saturated carbocycles. The van der Waals surface area contributed by atoms with Crippen molar-refractivity contribution in [1.82, 2.24) is 5.32 Å². The average molecular weight is 325 g/mol. The molecular weight excluding hydrogens is 306 g/mol. The zero-order valence-corrected chi connectivity index (χ0v) is 13.5. The Hall–Kier alpha value is -2.66. The summed E-state index contributed by atoms with van der Waals surface area (Å²) in [6.45, 7) is 0.853. The highest BCUT2D eigenvalue weighted by molar-refractivity contribution is 5.95. The van der Waals surface area contributed by atoms with Crippen molar-refractivity contribution < 1.29 is 19.1 Å². The van der Waals surface area contributed by atoms with E-state index in [0.717, 1.165) is 16.7 Å². The molecule has 0 bridgehead atoms. The number of carbonyl (C=O) groups excluding carboxylic acids is 2. The minimum absolute atomic E-state index is 0.287. The molecule has 2 aromatic rings. The first-order chi connectivity index (χ1) is 11.7. The van der Waals surface area contributed by atoms with Gasteiger partial charge in [0.2, 0.25) is 0 Å². The van der Waals surface area contributed by atoms with Crippen molar-refractivity contribution in [2.75, 3.05) is 7.11 Å². The summed E-state index contributed by atoms with van der Waals surface area (Å²) in [4.78, 5) is 24.4. The number of ether oxygens (including phenoxy) is 2. The molecule has 0 radical (unpaired) electrons. The maximum absolute atomic E-state index is 12.4. The van der Waals surface area contributed by atoms with Crippen molar-refractivity contribution >= 4 is 11.9 Å². The number of nitrogens with one attached hydrogen (secondary N) is 1. The lowest BCUT2D eigenvalue weighted by molar-refractivity contribution is -0.130. The molecule has 0 aromatic heterocycles. The van der Waals surface area contributed by atoms with Crippen LogP contribution in [0.4, 0.5) is 0 Å². The zero-order chi connectivity index (χ0) is 16.9. The van der Waals surface area contributed by atoms with Crippen LogP contribution in [-0.4, -0.2) is 25.1 Å². The summed E-state index contributed by atoms with van der Waals surface area (Å²) in [7, 11) is 1.63. The zero-order valence-electron chi connectivity index (χ0n) is 13.5. The van der Waals surface area contributed by atoms with Crippen LogP contribution in [0.3, 0.4) is 0 Å². The third-order valence-electron chi connectivity index (χ3n) is 4.06. The molecule has 1 N–H and O–H groups in total. The van der Waals surface area contributed by atoms with Crippen molar-refractivity contribution in [2.45, 2.75) is 25.7 Å². The number of esters is 1. The van der Waals surface area contributed by atoms with Crippen LogP contribution in [0.25, 0.3) is 0 Å². The Labute approximate surface area is 140 Å².